The number of amides is 1. The molecule has 0 spiro atoms. The quantitative estimate of drug-likeness (QED) is 0.838. The second kappa shape index (κ2) is 6.30. The van der Waals surface area contributed by atoms with Crippen LogP contribution < -0.4 is 5.32 Å². The molecule has 4 heteroatoms. The smallest absolute Gasteiger partial charge is 0.237 e. The first-order chi connectivity index (χ1) is 12.5. The van der Waals surface area contributed by atoms with Crippen molar-refractivity contribution in [2.45, 2.75) is 78.4 Å². The fourth-order valence-corrected chi connectivity index (χ4v) is 6.63. The standard InChI is InChI=1S/C23H33FN2O/c1-21(2)8-16-9-22(3,4)15-23(10-16,14-21)25-11-20(27)26-12-17-5-6-19(24)7-18(17)13-26/h5-7,16,25H,8-15H2,1-4H3. The highest BCUT2D eigenvalue weighted by Crippen LogP contribution is 2.55. The molecule has 1 N–H and O–H groups in total. The first-order valence-corrected chi connectivity index (χ1v) is 10.4. The molecular formula is C23H33FN2O. The minimum Gasteiger partial charge on any atom is -0.333 e. The van der Waals surface area contributed by atoms with E-state index < -0.39 is 0 Å². The predicted octanol–water partition coefficient (Wildman–Crippen LogP) is 4.64. The summed E-state index contributed by atoms with van der Waals surface area (Å²) in [7, 11) is 0. The molecule has 0 saturated heterocycles. The maximum atomic E-state index is 13.5. The number of nitrogens with zero attached hydrogens (tertiary/aromatic N) is 1. The van der Waals surface area contributed by atoms with E-state index in [1.165, 1.54) is 25.3 Å². The zero-order valence-corrected chi connectivity index (χ0v) is 17.2. The number of hydrogen-bond donors (Lipinski definition) is 1. The van der Waals surface area contributed by atoms with Crippen molar-refractivity contribution >= 4 is 5.91 Å². The van der Waals surface area contributed by atoms with Crippen LogP contribution in [0.15, 0.2) is 18.2 Å². The number of hydrogen-bond acceptors (Lipinski definition) is 2. The molecule has 2 aliphatic carbocycles. The summed E-state index contributed by atoms with van der Waals surface area (Å²) < 4.78 is 13.5. The molecule has 4 rings (SSSR count). The van der Waals surface area contributed by atoms with Crippen LogP contribution in [0.2, 0.25) is 0 Å². The molecule has 2 saturated carbocycles. The Bertz CT molecular complexity index is 735. The van der Waals surface area contributed by atoms with E-state index in [2.05, 4.69) is 33.0 Å². The van der Waals surface area contributed by atoms with E-state index in [0.717, 1.165) is 29.9 Å². The molecule has 0 radical (unpaired) electrons. The van der Waals surface area contributed by atoms with Crippen LogP contribution in [0.4, 0.5) is 4.39 Å². The molecule has 1 amide bonds. The maximum Gasteiger partial charge on any atom is 0.237 e. The molecule has 148 valence electrons. The van der Waals surface area contributed by atoms with Crippen LogP contribution in [0.25, 0.3) is 0 Å². The lowest BCUT2D eigenvalue weighted by molar-refractivity contribution is -0.132. The highest BCUT2D eigenvalue weighted by atomic mass is 19.1. The number of rotatable bonds is 3. The molecule has 3 nitrogen and oxygen atoms in total. The third kappa shape index (κ3) is 3.91. The van der Waals surface area contributed by atoms with E-state index in [9.17, 15) is 9.18 Å². The summed E-state index contributed by atoms with van der Waals surface area (Å²) in [5, 5.41) is 3.73. The van der Waals surface area contributed by atoms with Crippen molar-refractivity contribution in [2.75, 3.05) is 6.54 Å². The molecule has 1 aromatic carbocycles. The Kier molecular flexibility index (Phi) is 4.41. The molecule has 2 bridgehead atoms. The van der Waals surface area contributed by atoms with Gasteiger partial charge < -0.3 is 10.2 Å². The van der Waals surface area contributed by atoms with E-state index in [4.69, 9.17) is 0 Å². The van der Waals surface area contributed by atoms with Crippen molar-refractivity contribution in [1.29, 1.82) is 0 Å². The minimum absolute atomic E-state index is 0.0719. The predicted molar refractivity (Wildman–Crippen MR) is 106 cm³/mol. The van der Waals surface area contributed by atoms with Gasteiger partial charge in [-0.1, -0.05) is 33.8 Å². The SMILES string of the molecule is CC1(C)CC2CC(C)(C)CC(NCC(=O)N3Cc4ccc(F)cc4C3)(C2)C1. The average molecular weight is 373 g/mol. The zero-order chi connectivity index (χ0) is 19.4. The van der Waals surface area contributed by atoms with Crippen LogP contribution in [0.3, 0.4) is 0 Å². The molecular weight excluding hydrogens is 339 g/mol. The number of carbonyl (C=O) groups is 1. The molecule has 0 unspecified atom stereocenters. The molecule has 0 aromatic heterocycles. The van der Waals surface area contributed by atoms with Crippen molar-refractivity contribution in [3.8, 4) is 0 Å². The normalized spacial score (nSPS) is 30.9. The van der Waals surface area contributed by atoms with Crippen LogP contribution in [-0.2, 0) is 17.9 Å². The molecule has 27 heavy (non-hydrogen) atoms. The van der Waals surface area contributed by atoms with Crippen molar-refractivity contribution < 1.29 is 9.18 Å². The van der Waals surface area contributed by atoms with Crippen LogP contribution in [0.5, 0.6) is 0 Å². The molecule has 1 heterocycles. The van der Waals surface area contributed by atoms with Crippen molar-refractivity contribution in [1.82, 2.24) is 10.2 Å². The summed E-state index contributed by atoms with van der Waals surface area (Å²) in [6.07, 6.45) is 6.05. The Hall–Kier alpha value is -1.42. The van der Waals surface area contributed by atoms with Gasteiger partial charge in [0.2, 0.25) is 5.91 Å². The summed E-state index contributed by atoms with van der Waals surface area (Å²) in [5.41, 5.74) is 2.75. The van der Waals surface area contributed by atoms with E-state index >= 15 is 0 Å². The van der Waals surface area contributed by atoms with E-state index in [-0.39, 0.29) is 17.3 Å². The third-order valence-electron chi connectivity index (χ3n) is 6.85. The number of benzene rings is 1. The maximum absolute atomic E-state index is 13.5. The number of fused-ring (bicyclic) bond motifs is 3. The van der Waals surface area contributed by atoms with E-state index in [1.54, 1.807) is 6.07 Å². The molecule has 2 fully saturated rings. The average Bonchev–Trinajstić information content (AvgIpc) is 2.92. The van der Waals surface area contributed by atoms with Gasteiger partial charge >= 0.3 is 0 Å². The van der Waals surface area contributed by atoms with Crippen LogP contribution in [0, 0.1) is 22.6 Å². The van der Waals surface area contributed by atoms with Crippen LogP contribution in [-0.4, -0.2) is 22.9 Å². The molecule has 3 aliphatic rings. The Labute approximate surface area is 162 Å². The van der Waals surface area contributed by atoms with Gasteiger partial charge in [0.05, 0.1) is 6.54 Å². The summed E-state index contributed by atoms with van der Waals surface area (Å²) in [4.78, 5) is 14.7. The summed E-state index contributed by atoms with van der Waals surface area (Å²) >= 11 is 0. The summed E-state index contributed by atoms with van der Waals surface area (Å²) in [6.45, 7) is 11.0. The number of nitrogens with one attached hydrogen (secondary N) is 1. The third-order valence-corrected chi connectivity index (χ3v) is 6.85. The van der Waals surface area contributed by atoms with Gasteiger partial charge in [-0.2, -0.15) is 0 Å². The highest BCUT2D eigenvalue weighted by molar-refractivity contribution is 5.79. The summed E-state index contributed by atoms with van der Waals surface area (Å²) in [6, 6.07) is 4.85. The topological polar surface area (TPSA) is 32.3 Å². The van der Waals surface area contributed by atoms with Gasteiger partial charge in [0.15, 0.2) is 0 Å². The second-order valence-electron chi connectivity index (χ2n) is 11.0. The minimum atomic E-state index is -0.222. The zero-order valence-electron chi connectivity index (χ0n) is 17.2. The van der Waals surface area contributed by atoms with Crippen LogP contribution in [0.1, 0.15) is 70.9 Å². The Morgan fingerprint density at radius 2 is 1.70 bits per heavy atom. The van der Waals surface area contributed by atoms with Gasteiger partial charge in [0.25, 0.3) is 0 Å². The van der Waals surface area contributed by atoms with E-state index in [1.807, 2.05) is 11.0 Å². The van der Waals surface area contributed by atoms with Gasteiger partial charge in [-0.3, -0.25) is 4.79 Å². The molecule has 1 aromatic rings. The second-order valence-corrected chi connectivity index (χ2v) is 11.0. The molecule has 0 atom stereocenters. The lowest BCUT2D eigenvalue weighted by atomic mass is 9.53. The molecule has 1 aliphatic heterocycles. The highest BCUT2D eigenvalue weighted by Gasteiger charge is 2.51. The van der Waals surface area contributed by atoms with Crippen molar-refractivity contribution in [3.05, 3.63) is 35.1 Å². The van der Waals surface area contributed by atoms with Gasteiger partial charge in [-0.25, -0.2) is 4.39 Å². The lowest BCUT2D eigenvalue weighted by Gasteiger charge is -2.57. The monoisotopic (exact) mass is 372 g/mol. The van der Waals surface area contributed by atoms with Crippen molar-refractivity contribution in [2.24, 2.45) is 16.7 Å². The lowest BCUT2D eigenvalue weighted by Crippen LogP contribution is -2.59. The Morgan fingerprint density at radius 3 is 2.37 bits per heavy atom. The number of carbonyl (C=O) groups excluding carboxylic acids is 1. The first kappa shape index (κ1) is 18.9. The fourth-order valence-electron chi connectivity index (χ4n) is 6.63. The van der Waals surface area contributed by atoms with Gasteiger partial charge in [-0.15, -0.1) is 0 Å². The van der Waals surface area contributed by atoms with E-state index in [0.29, 0.717) is 30.5 Å². The largest absolute Gasteiger partial charge is 0.333 e. The summed E-state index contributed by atoms with van der Waals surface area (Å²) in [5.74, 6) is 0.656. The van der Waals surface area contributed by atoms with Crippen molar-refractivity contribution in [3.63, 3.8) is 0 Å². The fraction of sp³-hybridized carbons (Fsp3) is 0.696. The van der Waals surface area contributed by atoms with Gasteiger partial charge in [0, 0.05) is 18.6 Å². The number of halogens is 1. The Balaban J connectivity index is 1.43. The van der Waals surface area contributed by atoms with Gasteiger partial charge in [0.1, 0.15) is 5.82 Å². The van der Waals surface area contributed by atoms with Gasteiger partial charge in [-0.05, 0) is 72.1 Å². The Morgan fingerprint density at radius 1 is 1.07 bits per heavy atom. The van der Waals surface area contributed by atoms with Crippen LogP contribution >= 0.6 is 0 Å². The first-order valence-electron chi connectivity index (χ1n) is 10.4.